The number of aryl methyl sites for hydroxylation is 1. The lowest BCUT2D eigenvalue weighted by molar-refractivity contribution is 0.206. The molecule has 9 nitrogen and oxygen atoms in total. The number of aromatic nitrogens is 4. The van der Waals surface area contributed by atoms with Gasteiger partial charge in [0.15, 0.2) is 11.5 Å². The fourth-order valence-corrected chi connectivity index (χ4v) is 2.06. The Labute approximate surface area is 114 Å². The van der Waals surface area contributed by atoms with Crippen LogP contribution in [0.3, 0.4) is 0 Å². The summed E-state index contributed by atoms with van der Waals surface area (Å²) >= 11 is 0. The Morgan fingerprint density at radius 3 is 2.85 bits per heavy atom. The van der Waals surface area contributed by atoms with E-state index in [1.165, 1.54) is 12.7 Å². The average Bonchev–Trinajstić information content (AvgIpc) is 2.78. The van der Waals surface area contributed by atoms with Gasteiger partial charge in [-0.05, 0) is 12.5 Å². The highest BCUT2D eigenvalue weighted by Crippen LogP contribution is 2.36. The van der Waals surface area contributed by atoms with Crippen molar-refractivity contribution in [2.24, 2.45) is 0 Å². The van der Waals surface area contributed by atoms with Gasteiger partial charge in [-0.25, -0.2) is 15.0 Å². The standard InChI is InChI=1S/C10H14N5O4P/c11-9-8-10(13-5-12-9)15(6-14-8)3-1-7(16)2-4-20(17,18)19/h2,4-7,16H,1,3H2,(H2,11,12,13)(H2,17,18,19)/b4-2+/t7-/m1/s1. The largest absolute Gasteiger partial charge is 0.389 e. The van der Waals surface area contributed by atoms with Crippen molar-refractivity contribution in [1.82, 2.24) is 19.5 Å². The van der Waals surface area contributed by atoms with E-state index in [0.717, 1.165) is 6.08 Å². The highest BCUT2D eigenvalue weighted by Gasteiger charge is 2.10. The number of nitrogens with zero attached hydrogens (tertiary/aromatic N) is 4. The minimum atomic E-state index is -4.25. The molecule has 2 rings (SSSR count). The number of imidazole rings is 1. The zero-order valence-electron chi connectivity index (χ0n) is 10.4. The van der Waals surface area contributed by atoms with Crippen molar-refractivity contribution in [2.75, 3.05) is 5.73 Å². The quantitative estimate of drug-likeness (QED) is 0.557. The lowest BCUT2D eigenvalue weighted by Gasteiger charge is -2.07. The molecule has 20 heavy (non-hydrogen) atoms. The molecule has 5 N–H and O–H groups in total. The van der Waals surface area contributed by atoms with Gasteiger partial charge in [0.1, 0.15) is 11.8 Å². The number of hydrogen-bond donors (Lipinski definition) is 4. The summed E-state index contributed by atoms with van der Waals surface area (Å²) in [6.45, 7) is 0.375. The Balaban J connectivity index is 2.05. The molecule has 0 bridgehead atoms. The first-order valence-electron chi connectivity index (χ1n) is 5.71. The molecule has 2 aromatic rings. The third kappa shape index (κ3) is 3.61. The van der Waals surface area contributed by atoms with Crippen molar-refractivity contribution in [3.8, 4) is 0 Å². The first-order chi connectivity index (χ1) is 9.37. The van der Waals surface area contributed by atoms with E-state index in [2.05, 4.69) is 15.0 Å². The molecule has 2 heterocycles. The van der Waals surface area contributed by atoms with Crippen molar-refractivity contribution in [2.45, 2.75) is 19.1 Å². The number of fused-ring (bicyclic) bond motifs is 1. The van der Waals surface area contributed by atoms with E-state index in [0.29, 0.717) is 23.5 Å². The highest BCUT2D eigenvalue weighted by molar-refractivity contribution is 7.55. The van der Waals surface area contributed by atoms with Crippen molar-refractivity contribution < 1.29 is 19.5 Å². The summed E-state index contributed by atoms with van der Waals surface area (Å²) in [6, 6.07) is 0. The third-order valence-electron chi connectivity index (χ3n) is 2.60. The second kappa shape index (κ2) is 5.68. The van der Waals surface area contributed by atoms with Crippen LogP contribution < -0.4 is 5.73 Å². The topological polar surface area (TPSA) is 147 Å². The fourth-order valence-electron chi connectivity index (χ4n) is 1.64. The van der Waals surface area contributed by atoms with Crippen LogP contribution in [0.15, 0.2) is 24.5 Å². The van der Waals surface area contributed by atoms with Crippen molar-refractivity contribution in [3.05, 3.63) is 24.5 Å². The molecule has 108 valence electrons. The SMILES string of the molecule is Nc1ncnc2c1ncn2CC[C@@H](O)/C=C/P(=O)(O)O. The van der Waals surface area contributed by atoms with Gasteiger partial charge in [-0.2, -0.15) is 0 Å². The molecule has 0 spiro atoms. The van der Waals surface area contributed by atoms with Gasteiger partial charge in [-0.15, -0.1) is 0 Å². The number of nitrogens with two attached hydrogens (primary N) is 1. The maximum absolute atomic E-state index is 10.6. The maximum atomic E-state index is 10.6. The Morgan fingerprint density at radius 1 is 1.40 bits per heavy atom. The number of aliphatic hydroxyl groups excluding tert-OH is 1. The molecule has 0 aliphatic carbocycles. The highest BCUT2D eigenvalue weighted by atomic mass is 31.2. The van der Waals surface area contributed by atoms with E-state index in [4.69, 9.17) is 15.5 Å². The van der Waals surface area contributed by atoms with Gasteiger partial charge in [0, 0.05) is 12.4 Å². The first kappa shape index (κ1) is 14.6. The Morgan fingerprint density at radius 2 is 2.15 bits per heavy atom. The van der Waals surface area contributed by atoms with Crippen LogP contribution in [0.4, 0.5) is 5.82 Å². The van der Waals surface area contributed by atoms with Crippen molar-refractivity contribution in [1.29, 1.82) is 0 Å². The smallest absolute Gasteiger partial charge is 0.348 e. The van der Waals surface area contributed by atoms with Gasteiger partial charge in [0.05, 0.1) is 12.4 Å². The number of aliphatic hydroxyl groups is 1. The van der Waals surface area contributed by atoms with Crippen molar-refractivity contribution >= 4 is 24.6 Å². The van der Waals surface area contributed by atoms with Crippen LogP contribution in [-0.4, -0.2) is 40.5 Å². The Kier molecular flexibility index (Phi) is 4.15. The van der Waals surface area contributed by atoms with Crippen LogP contribution in [0.5, 0.6) is 0 Å². The average molecular weight is 299 g/mol. The van der Waals surface area contributed by atoms with Gasteiger partial charge >= 0.3 is 7.60 Å². The zero-order chi connectivity index (χ0) is 14.8. The van der Waals surface area contributed by atoms with E-state index < -0.39 is 13.7 Å². The van der Waals surface area contributed by atoms with Gasteiger partial charge in [-0.3, -0.25) is 4.57 Å². The van der Waals surface area contributed by atoms with Gasteiger partial charge in [0.2, 0.25) is 0 Å². The molecule has 0 aliphatic heterocycles. The first-order valence-corrected chi connectivity index (χ1v) is 7.39. The van der Waals surface area contributed by atoms with Crippen LogP contribution in [0, 0.1) is 0 Å². The predicted molar refractivity (Wildman–Crippen MR) is 71.5 cm³/mol. The summed E-state index contributed by atoms with van der Waals surface area (Å²) in [5, 5.41) is 9.62. The Hall–Kier alpha value is -1.80. The molecule has 0 saturated carbocycles. The van der Waals surface area contributed by atoms with E-state index in [-0.39, 0.29) is 12.2 Å². The minimum absolute atomic E-state index is 0.256. The van der Waals surface area contributed by atoms with Gasteiger partial charge in [-0.1, -0.05) is 0 Å². The van der Waals surface area contributed by atoms with Gasteiger partial charge in [0.25, 0.3) is 0 Å². The number of rotatable bonds is 5. The predicted octanol–water partition coefficient (Wildman–Crippen LogP) is -0.149. The zero-order valence-corrected chi connectivity index (χ0v) is 11.3. The van der Waals surface area contributed by atoms with Crippen LogP contribution in [0.2, 0.25) is 0 Å². The van der Waals surface area contributed by atoms with E-state index in [9.17, 15) is 9.67 Å². The number of anilines is 1. The molecule has 0 unspecified atom stereocenters. The summed E-state index contributed by atoms with van der Waals surface area (Å²) < 4.78 is 12.3. The normalized spacial score (nSPS) is 14.2. The molecule has 0 aliphatic rings. The molecule has 0 radical (unpaired) electrons. The summed E-state index contributed by atoms with van der Waals surface area (Å²) in [5.41, 5.74) is 6.67. The summed E-state index contributed by atoms with van der Waals surface area (Å²) in [4.78, 5) is 29.3. The monoisotopic (exact) mass is 299 g/mol. The van der Waals surface area contributed by atoms with E-state index >= 15 is 0 Å². The lowest BCUT2D eigenvalue weighted by Crippen LogP contribution is -2.08. The molecular formula is C10H14N5O4P. The molecule has 0 saturated heterocycles. The summed E-state index contributed by atoms with van der Waals surface area (Å²) in [6.07, 6.45) is 3.20. The summed E-state index contributed by atoms with van der Waals surface area (Å²) in [7, 11) is -4.25. The third-order valence-corrected chi connectivity index (χ3v) is 3.16. The maximum Gasteiger partial charge on any atom is 0.348 e. The van der Waals surface area contributed by atoms with Crippen LogP contribution in [0.1, 0.15) is 6.42 Å². The van der Waals surface area contributed by atoms with E-state index in [1.54, 1.807) is 4.57 Å². The second-order valence-electron chi connectivity index (χ2n) is 4.16. The second-order valence-corrected chi connectivity index (χ2v) is 5.63. The van der Waals surface area contributed by atoms with Crippen LogP contribution in [-0.2, 0) is 11.1 Å². The molecule has 1 atom stereocenters. The van der Waals surface area contributed by atoms with Crippen LogP contribution in [0.25, 0.3) is 11.2 Å². The molecule has 2 aromatic heterocycles. The molecule has 0 amide bonds. The van der Waals surface area contributed by atoms with Crippen LogP contribution >= 0.6 is 7.60 Å². The molecular weight excluding hydrogens is 285 g/mol. The Bertz CT molecular complexity index is 679. The molecule has 0 aromatic carbocycles. The number of hydrogen-bond acceptors (Lipinski definition) is 6. The molecule has 0 fully saturated rings. The van der Waals surface area contributed by atoms with Gasteiger partial charge < -0.3 is 25.2 Å². The molecule has 10 heteroatoms. The fraction of sp³-hybridized carbons (Fsp3) is 0.300. The summed E-state index contributed by atoms with van der Waals surface area (Å²) in [5.74, 6) is 0.958. The lowest BCUT2D eigenvalue weighted by atomic mass is 10.2. The number of nitrogen functional groups attached to an aromatic ring is 1. The minimum Gasteiger partial charge on any atom is -0.389 e. The van der Waals surface area contributed by atoms with E-state index in [1.807, 2.05) is 0 Å². The van der Waals surface area contributed by atoms with Crippen molar-refractivity contribution in [3.63, 3.8) is 0 Å².